The first-order valence-corrected chi connectivity index (χ1v) is 6.07. The number of rotatable bonds is 3. The van der Waals surface area contributed by atoms with E-state index in [0.717, 1.165) is 5.56 Å². The third-order valence-corrected chi connectivity index (χ3v) is 3.12. The molecular formula is C13H13FN6. The van der Waals surface area contributed by atoms with Gasteiger partial charge in [0.25, 0.3) is 0 Å². The van der Waals surface area contributed by atoms with Crippen molar-refractivity contribution in [3.63, 3.8) is 0 Å². The average molecular weight is 272 g/mol. The highest BCUT2D eigenvalue weighted by Gasteiger charge is 2.10. The van der Waals surface area contributed by atoms with E-state index >= 15 is 0 Å². The van der Waals surface area contributed by atoms with Crippen LogP contribution in [0, 0.1) is 5.82 Å². The SMILES string of the molecule is NCc1ccc(Cn2cnc3c(N)ncnc32)c(F)c1. The Bertz CT molecular complexity index is 767. The van der Waals surface area contributed by atoms with Gasteiger partial charge in [0.1, 0.15) is 17.7 Å². The van der Waals surface area contributed by atoms with Crippen LogP contribution in [0.2, 0.25) is 0 Å². The third-order valence-electron chi connectivity index (χ3n) is 3.12. The molecule has 0 aliphatic heterocycles. The number of benzene rings is 1. The highest BCUT2D eigenvalue weighted by atomic mass is 19.1. The predicted octanol–water partition coefficient (Wildman–Crippen LogP) is 1.05. The Balaban J connectivity index is 1.99. The molecule has 0 fully saturated rings. The molecule has 0 saturated carbocycles. The van der Waals surface area contributed by atoms with Crippen molar-refractivity contribution in [2.75, 3.05) is 5.73 Å². The summed E-state index contributed by atoms with van der Waals surface area (Å²) in [4.78, 5) is 12.1. The fourth-order valence-corrected chi connectivity index (χ4v) is 2.04. The number of anilines is 1. The van der Waals surface area contributed by atoms with Crippen molar-refractivity contribution < 1.29 is 4.39 Å². The standard InChI is InChI=1S/C13H13FN6/c14-10-3-8(4-15)1-2-9(10)5-20-7-19-11-12(16)17-6-18-13(11)20/h1-3,6-7H,4-5,15H2,(H2,16,17,18). The summed E-state index contributed by atoms with van der Waals surface area (Å²) in [6, 6.07) is 4.96. The van der Waals surface area contributed by atoms with Crippen LogP contribution in [0.5, 0.6) is 0 Å². The Hall–Kier alpha value is -2.54. The lowest BCUT2D eigenvalue weighted by atomic mass is 10.1. The van der Waals surface area contributed by atoms with E-state index in [2.05, 4.69) is 15.0 Å². The van der Waals surface area contributed by atoms with Gasteiger partial charge in [-0.3, -0.25) is 0 Å². The molecular weight excluding hydrogens is 259 g/mol. The summed E-state index contributed by atoms with van der Waals surface area (Å²) in [5.41, 5.74) is 13.6. The lowest BCUT2D eigenvalue weighted by Gasteiger charge is -2.07. The van der Waals surface area contributed by atoms with E-state index in [9.17, 15) is 4.39 Å². The Morgan fingerprint density at radius 2 is 2.05 bits per heavy atom. The zero-order valence-corrected chi connectivity index (χ0v) is 10.6. The normalized spacial score (nSPS) is 11.1. The average Bonchev–Trinajstić information content (AvgIpc) is 2.86. The van der Waals surface area contributed by atoms with Crippen LogP contribution < -0.4 is 11.5 Å². The Morgan fingerprint density at radius 1 is 1.20 bits per heavy atom. The van der Waals surface area contributed by atoms with Gasteiger partial charge in [0.05, 0.1) is 12.9 Å². The molecule has 0 bridgehead atoms. The van der Waals surface area contributed by atoms with E-state index in [0.29, 0.717) is 35.6 Å². The topological polar surface area (TPSA) is 95.6 Å². The highest BCUT2D eigenvalue weighted by molar-refractivity contribution is 5.81. The Morgan fingerprint density at radius 3 is 2.80 bits per heavy atom. The molecule has 6 nitrogen and oxygen atoms in total. The molecule has 0 atom stereocenters. The van der Waals surface area contributed by atoms with Crippen molar-refractivity contribution in [1.82, 2.24) is 19.5 Å². The fraction of sp³-hybridized carbons (Fsp3) is 0.154. The van der Waals surface area contributed by atoms with E-state index in [1.807, 2.05) is 0 Å². The minimum Gasteiger partial charge on any atom is -0.382 e. The van der Waals surface area contributed by atoms with Crippen LogP contribution in [0.25, 0.3) is 11.2 Å². The fourth-order valence-electron chi connectivity index (χ4n) is 2.04. The molecule has 2 aromatic heterocycles. The maximum absolute atomic E-state index is 14.0. The van der Waals surface area contributed by atoms with Crippen molar-refractivity contribution in [1.29, 1.82) is 0 Å². The molecule has 3 rings (SSSR count). The molecule has 7 heteroatoms. The second kappa shape index (κ2) is 4.86. The minimum atomic E-state index is -0.295. The maximum atomic E-state index is 14.0. The van der Waals surface area contributed by atoms with E-state index in [1.54, 1.807) is 23.0 Å². The number of hydrogen-bond donors (Lipinski definition) is 2. The molecule has 0 saturated heterocycles. The van der Waals surface area contributed by atoms with Gasteiger partial charge < -0.3 is 16.0 Å². The first-order chi connectivity index (χ1) is 9.69. The van der Waals surface area contributed by atoms with Gasteiger partial charge in [-0.2, -0.15) is 0 Å². The summed E-state index contributed by atoms with van der Waals surface area (Å²) >= 11 is 0. The molecule has 4 N–H and O–H groups in total. The van der Waals surface area contributed by atoms with Crippen LogP contribution in [0.15, 0.2) is 30.9 Å². The van der Waals surface area contributed by atoms with Crippen LogP contribution in [0.3, 0.4) is 0 Å². The molecule has 3 aromatic rings. The number of halogens is 1. The second-order valence-electron chi connectivity index (χ2n) is 4.43. The molecule has 0 aliphatic carbocycles. The van der Waals surface area contributed by atoms with Gasteiger partial charge in [0.2, 0.25) is 0 Å². The summed E-state index contributed by atoms with van der Waals surface area (Å²) in [5.74, 6) is 0.0181. The highest BCUT2D eigenvalue weighted by Crippen LogP contribution is 2.17. The molecule has 0 amide bonds. The number of aromatic nitrogens is 4. The lowest BCUT2D eigenvalue weighted by molar-refractivity contribution is 0.599. The first-order valence-electron chi connectivity index (χ1n) is 6.07. The zero-order valence-electron chi connectivity index (χ0n) is 10.6. The molecule has 2 heterocycles. The van der Waals surface area contributed by atoms with Gasteiger partial charge in [0, 0.05) is 12.1 Å². The maximum Gasteiger partial charge on any atom is 0.165 e. The van der Waals surface area contributed by atoms with Crippen molar-refractivity contribution >= 4 is 17.0 Å². The second-order valence-corrected chi connectivity index (χ2v) is 4.43. The quantitative estimate of drug-likeness (QED) is 0.743. The zero-order chi connectivity index (χ0) is 14.1. The van der Waals surface area contributed by atoms with Crippen molar-refractivity contribution in [3.05, 3.63) is 47.8 Å². The van der Waals surface area contributed by atoms with Crippen molar-refractivity contribution in [3.8, 4) is 0 Å². The van der Waals surface area contributed by atoms with Gasteiger partial charge >= 0.3 is 0 Å². The number of hydrogen-bond acceptors (Lipinski definition) is 5. The van der Waals surface area contributed by atoms with E-state index in [1.165, 1.54) is 12.4 Å². The van der Waals surface area contributed by atoms with Crippen LogP contribution >= 0.6 is 0 Å². The van der Waals surface area contributed by atoms with Crippen LogP contribution in [-0.4, -0.2) is 19.5 Å². The molecule has 1 aromatic carbocycles. The Kier molecular flexibility index (Phi) is 3.03. The van der Waals surface area contributed by atoms with E-state index in [4.69, 9.17) is 11.5 Å². The number of nitrogen functional groups attached to an aromatic ring is 1. The summed E-state index contributed by atoms with van der Waals surface area (Å²) in [5, 5.41) is 0. The number of nitrogens with zero attached hydrogens (tertiary/aromatic N) is 4. The molecule has 0 spiro atoms. The molecule has 0 radical (unpaired) electrons. The molecule has 0 aliphatic rings. The van der Waals surface area contributed by atoms with Gasteiger partial charge in [-0.25, -0.2) is 19.3 Å². The van der Waals surface area contributed by atoms with Crippen molar-refractivity contribution in [2.24, 2.45) is 5.73 Å². The molecule has 0 unspecified atom stereocenters. The summed E-state index contributed by atoms with van der Waals surface area (Å²) in [6.45, 7) is 0.638. The summed E-state index contributed by atoms with van der Waals surface area (Å²) in [6.07, 6.45) is 2.94. The van der Waals surface area contributed by atoms with Crippen LogP contribution in [-0.2, 0) is 13.1 Å². The van der Waals surface area contributed by atoms with Gasteiger partial charge in [-0.05, 0) is 11.6 Å². The van der Waals surface area contributed by atoms with Crippen molar-refractivity contribution in [2.45, 2.75) is 13.1 Å². The lowest BCUT2D eigenvalue weighted by Crippen LogP contribution is -2.04. The Labute approximate surface area is 114 Å². The van der Waals surface area contributed by atoms with Gasteiger partial charge in [-0.15, -0.1) is 0 Å². The third kappa shape index (κ3) is 2.08. The van der Waals surface area contributed by atoms with E-state index in [-0.39, 0.29) is 5.82 Å². The van der Waals surface area contributed by atoms with Crippen LogP contribution in [0.1, 0.15) is 11.1 Å². The summed E-state index contributed by atoms with van der Waals surface area (Å²) < 4.78 is 15.7. The van der Waals surface area contributed by atoms with Gasteiger partial charge in [0.15, 0.2) is 11.5 Å². The number of imidazole rings is 1. The van der Waals surface area contributed by atoms with Gasteiger partial charge in [-0.1, -0.05) is 12.1 Å². The molecule has 102 valence electrons. The smallest absolute Gasteiger partial charge is 0.165 e. The summed E-state index contributed by atoms with van der Waals surface area (Å²) in [7, 11) is 0. The van der Waals surface area contributed by atoms with E-state index < -0.39 is 0 Å². The largest absolute Gasteiger partial charge is 0.382 e. The monoisotopic (exact) mass is 272 g/mol. The number of nitrogens with two attached hydrogens (primary N) is 2. The first kappa shape index (κ1) is 12.5. The van der Waals surface area contributed by atoms with Crippen LogP contribution in [0.4, 0.5) is 10.2 Å². The minimum absolute atomic E-state index is 0.295. The predicted molar refractivity (Wildman–Crippen MR) is 73.1 cm³/mol. The number of fused-ring (bicyclic) bond motifs is 1. The molecule has 20 heavy (non-hydrogen) atoms.